The molecule has 5 nitrogen and oxygen atoms in total. The lowest BCUT2D eigenvalue weighted by Gasteiger charge is -2.26. The highest BCUT2D eigenvalue weighted by atomic mass is 16.5. The molecule has 2 rings (SSSR count). The van der Waals surface area contributed by atoms with Gasteiger partial charge in [0.25, 0.3) is 0 Å². The van der Waals surface area contributed by atoms with Crippen LogP contribution in [-0.4, -0.2) is 50.8 Å². The maximum Gasteiger partial charge on any atom is 0.211 e. The number of ether oxygens (including phenoxy) is 2. The molecule has 1 aliphatic rings. The molecule has 1 aromatic rings. The van der Waals surface area contributed by atoms with Crippen molar-refractivity contribution >= 4 is 12.1 Å². The maximum atomic E-state index is 10.2. The average Bonchev–Trinajstić information content (AvgIpc) is 2.42. The fraction of sp³-hybridized carbons (Fsp3) is 0.462. The van der Waals surface area contributed by atoms with Gasteiger partial charge >= 0.3 is 0 Å². The molecule has 1 aliphatic heterocycles. The van der Waals surface area contributed by atoms with E-state index in [9.17, 15) is 4.79 Å². The smallest absolute Gasteiger partial charge is 0.211 e. The van der Waals surface area contributed by atoms with E-state index in [-0.39, 0.29) is 0 Å². The normalized spacial score (nSPS) is 16.2. The highest BCUT2D eigenvalue weighted by Gasteiger charge is 2.09. The van der Waals surface area contributed by atoms with E-state index < -0.39 is 0 Å². The SMILES string of the molecule is O=CNc1ccc(OCCN2CCOCC2)cc1. The molecule has 1 N–H and O–H groups in total. The van der Waals surface area contributed by atoms with Crippen molar-refractivity contribution in [2.45, 2.75) is 0 Å². The van der Waals surface area contributed by atoms with Crippen molar-refractivity contribution in [2.24, 2.45) is 0 Å². The van der Waals surface area contributed by atoms with Gasteiger partial charge in [-0.2, -0.15) is 0 Å². The van der Waals surface area contributed by atoms with Crippen LogP contribution in [0, 0.1) is 0 Å². The lowest BCUT2D eigenvalue weighted by atomic mass is 10.3. The van der Waals surface area contributed by atoms with Crippen LogP contribution in [0.1, 0.15) is 0 Å². The third kappa shape index (κ3) is 4.01. The van der Waals surface area contributed by atoms with Crippen molar-refractivity contribution in [1.29, 1.82) is 0 Å². The number of benzene rings is 1. The molecule has 0 spiro atoms. The molecule has 1 heterocycles. The number of morpholine rings is 1. The van der Waals surface area contributed by atoms with Crippen LogP contribution < -0.4 is 10.1 Å². The number of carbonyl (C=O) groups excluding carboxylic acids is 1. The second-order valence-corrected chi connectivity index (χ2v) is 4.09. The van der Waals surface area contributed by atoms with Gasteiger partial charge in [0.05, 0.1) is 13.2 Å². The van der Waals surface area contributed by atoms with Crippen molar-refractivity contribution in [2.75, 3.05) is 44.8 Å². The Bertz CT molecular complexity index is 361. The first kappa shape index (κ1) is 12.9. The van der Waals surface area contributed by atoms with Crippen LogP contribution >= 0.6 is 0 Å². The molecule has 18 heavy (non-hydrogen) atoms. The molecule has 5 heteroatoms. The Balaban J connectivity index is 1.70. The van der Waals surface area contributed by atoms with E-state index >= 15 is 0 Å². The van der Waals surface area contributed by atoms with Gasteiger partial charge in [-0.15, -0.1) is 0 Å². The zero-order valence-corrected chi connectivity index (χ0v) is 10.3. The minimum atomic E-state index is 0.661. The summed E-state index contributed by atoms with van der Waals surface area (Å²) >= 11 is 0. The van der Waals surface area contributed by atoms with Gasteiger partial charge in [0, 0.05) is 25.3 Å². The van der Waals surface area contributed by atoms with Gasteiger partial charge in [-0.25, -0.2) is 0 Å². The second kappa shape index (κ2) is 6.98. The highest BCUT2D eigenvalue weighted by Crippen LogP contribution is 2.15. The molecule has 0 aromatic heterocycles. The van der Waals surface area contributed by atoms with Gasteiger partial charge in [-0.3, -0.25) is 9.69 Å². The standard InChI is InChI=1S/C13H18N2O3/c16-11-14-12-1-3-13(4-2-12)18-10-7-15-5-8-17-9-6-15/h1-4,11H,5-10H2,(H,14,16). The van der Waals surface area contributed by atoms with Crippen LogP contribution in [0.25, 0.3) is 0 Å². The lowest BCUT2D eigenvalue weighted by Crippen LogP contribution is -2.38. The number of anilines is 1. The van der Waals surface area contributed by atoms with Crippen LogP contribution in [0.15, 0.2) is 24.3 Å². The summed E-state index contributed by atoms with van der Waals surface area (Å²) < 4.78 is 10.9. The van der Waals surface area contributed by atoms with Gasteiger partial charge in [-0.1, -0.05) is 0 Å². The van der Waals surface area contributed by atoms with Gasteiger partial charge in [0.2, 0.25) is 6.41 Å². The molecule has 0 bridgehead atoms. The Hall–Kier alpha value is -1.59. The molecule has 0 atom stereocenters. The van der Waals surface area contributed by atoms with E-state index in [4.69, 9.17) is 9.47 Å². The third-order valence-corrected chi connectivity index (χ3v) is 2.86. The molecule has 0 aliphatic carbocycles. The van der Waals surface area contributed by atoms with Crippen LogP contribution in [0.3, 0.4) is 0 Å². The summed E-state index contributed by atoms with van der Waals surface area (Å²) in [6, 6.07) is 7.34. The Morgan fingerprint density at radius 3 is 2.67 bits per heavy atom. The zero-order chi connectivity index (χ0) is 12.6. The van der Waals surface area contributed by atoms with Gasteiger partial charge < -0.3 is 14.8 Å². The quantitative estimate of drug-likeness (QED) is 0.764. The van der Waals surface area contributed by atoms with E-state index in [2.05, 4.69) is 10.2 Å². The summed E-state index contributed by atoms with van der Waals surface area (Å²) in [5.74, 6) is 0.819. The molecule has 0 saturated carbocycles. The van der Waals surface area contributed by atoms with Gasteiger partial charge in [0.15, 0.2) is 0 Å². The predicted molar refractivity (Wildman–Crippen MR) is 68.9 cm³/mol. The second-order valence-electron chi connectivity index (χ2n) is 4.09. The van der Waals surface area contributed by atoms with Crippen molar-refractivity contribution in [3.05, 3.63) is 24.3 Å². The van der Waals surface area contributed by atoms with Gasteiger partial charge in [0.1, 0.15) is 12.4 Å². The van der Waals surface area contributed by atoms with Gasteiger partial charge in [-0.05, 0) is 24.3 Å². The van der Waals surface area contributed by atoms with Crippen LogP contribution in [0.5, 0.6) is 5.75 Å². The Labute approximate surface area is 107 Å². The number of hydrogen-bond donors (Lipinski definition) is 1. The topological polar surface area (TPSA) is 50.8 Å². The molecule has 0 unspecified atom stereocenters. The number of nitrogens with one attached hydrogen (secondary N) is 1. The Morgan fingerprint density at radius 2 is 2.00 bits per heavy atom. The number of hydrogen-bond acceptors (Lipinski definition) is 4. The average molecular weight is 250 g/mol. The lowest BCUT2D eigenvalue weighted by molar-refractivity contribution is -0.105. The monoisotopic (exact) mass is 250 g/mol. The summed E-state index contributed by atoms with van der Waals surface area (Å²) in [6.45, 7) is 5.16. The maximum absolute atomic E-state index is 10.2. The molecule has 1 saturated heterocycles. The Morgan fingerprint density at radius 1 is 1.28 bits per heavy atom. The van der Waals surface area contributed by atoms with E-state index in [1.165, 1.54) is 0 Å². The first-order valence-electron chi connectivity index (χ1n) is 6.11. The number of nitrogens with zero attached hydrogens (tertiary/aromatic N) is 1. The van der Waals surface area contributed by atoms with Crippen LogP contribution in [0.2, 0.25) is 0 Å². The molecular formula is C13H18N2O3. The van der Waals surface area contributed by atoms with Crippen molar-refractivity contribution in [3.63, 3.8) is 0 Å². The minimum Gasteiger partial charge on any atom is -0.492 e. The highest BCUT2D eigenvalue weighted by molar-refractivity contribution is 5.71. The zero-order valence-electron chi connectivity index (χ0n) is 10.3. The third-order valence-electron chi connectivity index (χ3n) is 2.86. The molecule has 1 fully saturated rings. The van der Waals surface area contributed by atoms with E-state index in [0.717, 1.165) is 44.3 Å². The summed E-state index contributed by atoms with van der Waals surface area (Å²) in [7, 11) is 0. The summed E-state index contributed by atoms with van der Waals surface area (Å²) in [4.78, 5) is 12.6. The summed E-state index contributed by atoms with van der Waals surface area (Å²) in [6.07, 6.45) is 0.661. The van der Waals surface area contributed by atoms with Crippen LogP contribution in [0.4, 0.5) is 5.69 Å². The molecule has 1 aromatic carbocycles. The van der Waals surface area contributed by atoms with E-state index in [1.807, 2.05) is 24.3 Å². The predicted octanol–water partition coefficient (Wildman–Crippen LogP) is 0.966. The largest absolute Gasteiger partial charge is 0.492 e. The molecule has 0 radical (unpaired) electrons. The first-order chi connectivity index (χ1) is 8.88. The summed E-state index contributed by atoms with van der Waals surface area (Å²) in [5.41, 5.74) is 0.769. The number of carbonyl (C=O) groups is 1. The minimum absolute atomic E-state index is 0.661. The summed E-state index contributed by atoms with van der Waals surface area (Å²) in [5, 5.41) is 2.58. The van der Waals surface area contributed by atoms with E-state index in [0.29, 0.717) is 13.0 Å². The molecule has 98 valence electrons. The van der Waals surface area contributed by atoms with E-state index in [1.54, 1.807) is 0 Å². The van der Waals surface area contributed by atoms with Crippen molar-refractivity contribution < 1.29 is 14.3 Å². The number of rotatable bonds is 6. The van der Waals surface area contributed by atoms with Crippen molar-refractivity contribution in [3.8, 4) is 5.75 Å². The first-order valence-corrected chi connectivity index (χ1v) is 6.11. The molecule has 1 amide bonds. The molecular weight excluding hydrogens is 232 g/mol. The number of amides is 1. The fourth-order valence-electron chi connectivity index (χ4n) is 1.83. The Kier molecular flexibility index (Phi) is 4.99. The van der Waals surface area contributed by atoms with Crippen LogP contribution in [-0.2, 0) is 9.53 Å². The fourth-order valence-corrected chi connectivity index (χ4v) is 1.83. The van der Waals surface area contributed by atoms with Crippen molar-refractivity contribution in [1.82, 2.24) is 4.90 Å².